The average molecular weight is 579 g/mol. The second-order valence-corrected chi connectivity index (χ2v) is 9.76. The van der Waals surface area contributed by atoms with Gasteiger partial charge < -0.3 is 14.8 Å². The van der Waals surface area contributed by atoms with Crippen LogP contribution < -0.4 is 14.8 Å². The van der Waals surface area contributed by atoms with Crippen molar-refractivity contribution < 1.29 is 19.2 Å². The minimum absolute atomic E-state index is 0.0351. The van der Waals surface area contributed by atoms with Gasteiger partial charge in [0.25, 0.3) is 11.6 Å². The molecule has 12 heteroatoms. The summed E-state index contributed by atoms with van der Waals surface area (Å²) in [7, 11) is 0. The summed E-state index contributed by atoms with van der Waals surface area (Å²) in [6.45, 7) is 2.20. The number of hydrogen-bond donors (Lipinski definition) is 1. The summed E-state index contributed by atoms with van der Waals surface area (Å²) in [5.74, 6) is 0.329. The Morgan fingerprint density at radius 1 is 1.08 bits per heavy atom. The molecule has 0 unspecified atom stereocenters. The molecule has 1 saturated heterocycles. The van der Waals surface area contributed by atoms with Crippen molar-refractivity contribution in [1.29, 1.82) is 0 Å². The highest BCUT2D eigenvalue weighted by atomic mass is 35.5. The highest BCUT2D eigenvalue weighted by molar-refractivity contribution is 8.18. The Balaban J connectivity index is 1.57. The molecule has 0 atom stereocenters. The molecule has 1 N–H and O–H groups in total. The molecular weight excluding hydrogens is 561 g/mol. The normalized spacial score (nSPS) is 15.2. The fourth-order valence-electron chi connectivity index (χ4n) is 3.31. The first-order valence-corrected chi connectivity index (χ1v) is 12.8. The molecule has 1 amide bonds. The standard InChI is InChI=1S/C25H18Cl3N3O5S/c1-2-35-20-11-15(10-18(27)23(20)36-13-14-5-3-6-16(9-14)31(33)34)12-21-24(32)30-25(37-21)29-19-8-4-7-17(26)22(19)28/h3-12H,2,13H2,1H3,(H,29,30,32)/b21-12+. The van der Waals surface area contributed by atoms with Crippen LogP contribution in [0.2, 0.25) is 15.1 Å². The van der Waals surface area contributed by atoms with Gasteiger partial charge in [0.05, 0.1) is 37.2 Å². The second-order valence-electron chi connectivity index (χ2n) is 7.53. The number of thioether (sulfide) groups is 1. The fourth-order valence-corrected chi connectivity index (χ4v) is 4.76. The van der Waals surface area contributed by atoms with Crippen LogP contribution in [-0.4, -0.2) is 22.6 Å². The number of rotatable bonds is 8. The van der Waals surface area contributed by atoms with E-state index >= 15 is 0 Å². The summed E-state index contributed by atoms with van der Waals surface area (Å²) in [5.41, 5.74) is 1.61. The van der Waals surface area contributed by atoms with Crippen molar-refractivity contribution in [3.05, 3.63) is 95.8 Å². The summed E-state index contributed by atoms with van der Waals surface area (Å²) >= 11 is 19.9. The number of ether oxygens (including phenoxy) is 2. The number of hydrogen-bond acceptors (Lipinski definition) is 7. The van der Waals surface area contributed by atoms with Crippen molar-refractivity contribution in [2.24, 2.45) is 4.99 Å². The van der Waals surface area contributed by atoms with Crippen molar-refractivity contribution in [1.82, 2.24) is 5.32 Å². The van der Waals surface area contributed by atoms with Crippen LogP contribution in [-0.2, 0) is 11.4 Å². The van der Waals surface area contributed by atoms with E-state index in [0.717, 1.165) is 11.8 Å². The Morgan fingerprint density at radius 2 is 1.86 bits per heavy atom. The van der Waals surface area contributed by atoms with E-state index in [2.05, 4.69) is 10.3 Å². The molecular formula is C25H18Cl3N3O5S. The number of non-ortho nitro benzene ring substituents is 1. The van der Waals surface area contributed by atoms with Crippen LogP contribution in [0.3, 0.4) is 0 Å². The Hall–Kier alpha value is -3.24. The van der Waals surface area contributed by atoms with Crippen molar-refractivity contribution in [2.75, 3.05) is 6.61 Å². The maximum atomic E-state index is 12.6. The Morgan fingerprint density at radius 3 is 2.62 bits per heavy atom. The first-order valence-electron chi connectivity index (χ1n) is 10.8. The number of amides is 1. The van der Waals surface area contributed by atoms with Crippen molar-refractivity contribution in [3.8, 4) is 11.5 Å². The largest absolute Gasteiger partial charge is 0.490 e. The molecule has 0 aliphatic carbocycles. The van der Waals surface area contributed by atoms with Gasteiger partial charge in [-0.3, -0.25) is 14.9 Å². The van der Waals surface area contributed by atoms with Gasteiger partial charge >= 0.3 is 0 Å². The molecule has 0 aromatic heterocycles. The van der Waals surface area contributed by atoms with Crippen molar-refractivity contribution >= 4 is 75.1 Å². The summed E-state index contributed by atoms with van der Waals surface area (Å²) in [4.78, 5) is 27.9. The smallest absolute Gasteiger partial charge is 0.269 e. The van der Waals surface area contributed by atoms with Crippen LogP contribution in [0.4, 0.5) is 11.4 Å². The first-order chi connectivity index (χ1) is 17.7. The second kappa shape index (κ2) is 11.9. The van der Waals surface area contributed by atoms with Crippen molar-refractivity contribution in [2.45, 2.75) is 13.5 Å². The third-order valence-electron chi connectivity index (χ3n) is 4.94. The lowest BCUT2D eigenvalue weighted by Gasteiger charge is -2.14. The number of benzene rings is 3. The number of carbonyl (C=O) groups is 1. The van der Waals surface area contributed by atoms with Crippen molar-refractivity contribution in [3.63, 3.8) is 0 Å². The molecule has 37 heavy (non-hydrogen) atoms. The van der Waals surface area contributed by atoms with E-state index in [9.17, 15) is 14.9 Å². The monoisotopic (exact) mass is 577 g/mol. The molecule has 1 heterocycles. The van der Waals surface area contributed by atoms with E-state index in [1.54, 1.807) is 48.5 Å². The predicted octanol–water partition coefficient (Wildman–Crippen LogP) is 7.42. The minimum atomic E-state index is -0.471. The molecule has 0 saturated carbocycles. The van der Waals surface area contributed by atoms with Gasteiger partial charge in [-0.25, -0.2) is 4.99 Å². The zero-order valence-corrected chi connectivity index (χ0v) is 22.2. The molecule has 0 radical (unpaired) electrons. The van der Waals surface area contributed by atoms with Crippen LogP contribution in [0.25, 0.3) is 6.08 Å². The molecule has 1 aliphatic rings. The highest BCUT2D eigenvalue weighted by Gasteiger charge is 2.25. The highest BCUT2D eigenvalue weighted by Crippen LogP contribution is 2.39. The number of halogens is 3. The molecule has 8 nitrogen and oxygen atoms in total. The maximum absolute atomic E-state index is 12.6. The third kappa shape index (κ3) is 6.56. The lowest BCUT2D eigenvalue weighted by atomic mass is 10.1. The lowest BCUT2D eigenvalue weighted by Crippen LogP contribution is -2.19. The van der Waals surface area contributed by atoms with Crippen LogP contribution in [0.1, 0.15) is 18.1 Å². The number of amidine groups is 1. The number of nitrogens with zero attached hydrogens (tertiary/aromatic N) is 2. The topological polar surface area (TPSA) is 103 Å². The third-order valence-corrected chi connectivity index (χ3v) is 6.94. The van der Waals surface area contributed by atoms with Crippen LogP contribution in [0, 0.1) is 10.1 Å². The van der Waals surface area contributed by atoms with Crippen LogP contribution in [0.5, 0.6) is 11.5 Å². The summed E-state index contributed by atoms with van der Waals surface area (Å²) in [6.07, 6.45) is 1.65. The number of nitro groups is 1. The van der Waals surface area contributed by atoms with E-state index in [1.807, 2.05) is 6.92 Å². The SMILES string of the molecule is CCOc1cc(/C=C2/SC(=Nc3cccc(Cl)c3Cl)NC2=O)cc(Cl)c1OCc1cccc([N+](=O)[O-])c1. The zero-order chi connectivity index (χ0) is 26.5. The minimum Gasteiger partial charge on any atom is -0.490 e. The molecule has 3 aromatic rings. The number of nitrogens with one attached hydrogen (secondary N) is 1. The summed E-state index contributed by atoms with van der Waals surface area (Å²) in [6, 6.07) is 14.5. The van der Waals surface area contributed by atoms with Gasteiger partial charge in [-0.05, 0) is 60.2 Å². The van der Waals surface area contributed by atoms with Gasteiger partial charge in [-0.1, -0.05) is 53.0 Å². The Labute approximate surface area is 231 Å². The number of aliphatic imine (C=N–C) groups is 1. The molecule has 1 aliphatic heterocycles. The quantitative estimate of drug-likeness (QED) is 0.169. The number of nitro benzene ring substituents is 1. The molecule has 1 fully saturated rings. The lowest BCUT2D eigenvalue weighted by molar-refractivity contribution is -0.384. The molecule has 190 valence electrons. The maximum Gasteiger partial charge on any atom is 0.269 e. The Kier molecular flexibility index (Phi) is 8.60. The molecule has 3 aromatic carbocycles. The first kappa shape index (κ1) is 26.8. The van der Waals surface area contributed by atoms with Gasteiger partial charge in [0.15, 0.2) is 16.7 Å². The summed E-state index contributed by atoms with van der Waals surface area (Å²) in [5, 5.41) is 15.0. The Bertz CT molecular complexity index is 1450. The number of carbonyl (C=O) groups excluding carboxylic acids is 1. The van der Waals surface area contributed by atoms with Gasteiger partial charge in [0.1, 0.15) is 6.61 Å². The average Bonchev–Trinajstić information content (AvgIpc) is 3.20. The van der Waals surface area contributed by atoms with Crippen LogP contribution >= 0.6 is 46.6 Å². The van der Waals surface area contributed by atoms with E-state index < -0.39 is 4.92 Å². The van der Waals surface area contributed by atoms with E-state index in [0.29, 0.717) is 50.0 Å². The van der Waals surface area contributed by atoms with Gasteiger partial charge in [-0.2, -0.15) is 0 Å². The molecule has 0 bridgehead atoms. The molecule has 0 spiro atoms. The van der Waals surface area contributed by atoms with Gasteiger partial charge in [0.2, 0.25) is 0 Å². The van der Waals surface area contributed by atoms with Crippen LogP contribution in [0.15, 0.2) is 64.5 Å². The zero-order valence-electron chi connectivity index (χ0n) is 19.2. The van der Waals surface area contributed by atoms with Gasteiger partial charge in [0, 0.05) is 12.1 Å². The van der Waals surface area contributed by atoms with E-state index in [4.69, 9.17) is 44.3 Å². The van der Waals surface area contributed by atoms with E-state index in [-0.39, 0.29) is 28.2 Å². The molecule has 4 rings (SSSR count). The summed E-state index contributed by atoms with van der Waals surface area (Å²) < 4.78 is 11.6. The van der Waals surface area contributed by atoms with Gasteiger partial charge in [-0.15, -0.1) is 0 Å². The fraction of sp³-hybridized carbons (Fsp3) is 0.120. The predicted molar refractivity (Wildman–Crippen MR) is 147 cm³/mol. The van der Waals surface area contributed by atoms with E-state index in [1.165, 1.54) is 12.1 Å².